The van der Waals surface area contributed by atoms with Crippen LogP contribution in [0.15, 0.2) is 76.6 Å². The van der Waals surface area contributed by atoms with Gasteiger partial charge in [0.2, 0.25) is 0 Å². The van der Waals surface area contributed by atoms with Crippen molar-refractivity contribution in [1.82, 2.24) is 0 Å². The predicted molar refractivity (Wildman–Crippen MR) is 95.6 cm³/mol. The summed E-state index contributed by atoms with van der Waals surface area (Å²) in [5.74, 6) is -1.07. The molecule has 0 heterocycles. The molecule has 1 atom stereocenters. The van der Waals surface area contributed by atoms with Gasteiger partial charge in [-0.15, -0.1) is 5.11 Å². The molecule has 128 valence electrons. The molecule has 0 saturated heterocycles. The van der Waals surface area contributed by atoms with Crippen molar-refractivity contribution < 1.29 is 14.3 Å². The zero-order chi connectivity index (χ0) is 18.2. The van der Waals surface area contributed by atoms with E-state index in [1.165, 1.54) is 7.11 Å². The van der Waals surface area contributed by atoms with E-state index in [1.54, 1.807) is 42.5 Å². The standard InChI is InChI=1S/C19H17ClN2O3/c1-13(14-8-10-16(20)11-9-14)21-22-17(19(24)25-2)12-18(23)15-6-4-3-5-7-15/h3-13H,1-2H3. The third-order valence-corrected chi connectivity index (χ3v) is 3.66. The highest BCUT2D eigenvalue weighted by molar-refractivity contribution is 6.30. The lowest BCUT2D eigenvalue weighted by molar-refractivity contribution is -0.136. The van der Waals surface area contributed by atoms with E-state index < -0.39 is 5.97 Å². The highest BCUT2D eigenvalue weighted by Crippen LogP contribution is 2.20. The summed E-state index contributed by atoms with van der Waals surface area (Å²) in [6.45, 7) is 1.82. The molecule has 0 aliphatic rings. The minimum Gasteiger partial charge on any atom is -0.464 e. The van der Waals surface area contributed by atoms with Crippen LogP contribution in [0.2, 0.25) is 5.02 Å². The number of azo groups is 1. The molecule has 0 fully saturated rings. The molecular weight excluding hydrogens is 340 g/mol. The van der Waals surface area contributed by atoms with Gasteiger partial charge < -0.3 is 4.74 Å². The summed E-state index contributed by atoms with van der Waals surface area (Å²) in [6.07, 6.45) is 1.12. The van der Waals surface area contributed by atoms with Gasteiger partial charge in [0.15, 0.2) is 11.5 Å². The quantitative estimate of drug-likeness (QED) is 0.323. The monoisotopic (exact) mass is 356 g/mol. The number of methoxy groups -OCH3 is 1. The molecule has 0 N–H and O–H groups in total. The number of rotatable bonds is 6. The van der Waals surface area contributed by atoms with Crippen LogP contribution >= 0.6 is 11.6 Å². The van der Waals surface area contributed by atoms with Gasteiger partial charge in [-0.3, -0.25) is 4.79 Å². The van der Waals surface area contributed by atoms with Gasteiger partial charge >= 0.3 is 5.97 Å². The maximum absolute atomic E-state index is 12.2. The van der Waals surface area contributed by atoms with Crippen molar-refractivity contribution in [3.8, 4) is 0 Å². The number of carbonyl (C=O) groups is 2. The Morgan fingerprint density at radius 2 is 1.72 bits per heavy atom. The summed E-state index contributed by atoms with van der Waals surface area (Å²) < 4.78 is 4.67. The molecule has 0 aliphatic carbocycles. The summed E-state index contributed by atoms with van der Waals surface area (Å²) in [5.41, 5.74) is 1.17. The van der Waals surface area contributed by atoms with Gasteiger partial charge in [0.25, 0.3) is 0 Å². The molecule has 0 amide bonds. The lowest BCUT2D eigenvalue weighted by Crippen LogP contribution is -2.06. The summed E-state index contributed by atoms with van der Waals surface area (Å²) >= 11 is 5.86. The van der Waals surface area contributed by atoms with Crippen LogP contribution in [0.4, 0.5) is 0 Å². The Hall–Kier alpha value is -2.79. The molecule has 6 heteroatoms. The van der Waals surface area contributed by atoms with E-state index in [9.17, 15) is 9.59 Å². The van der Waals surface area contributed by atoms with Crippen molar-refractivity contribution >= 4 is 23.4 Å². The summed E-state index contributed by atoms with van der Waals surface area (Å²) in [6, 6.07) is 15.4. The Morgan fingerprint density at radius 3 is 2.32 bits per heavy atom. The van der Waals surface area contributed by atoms with Crippen LogP contribution in [-0.4, -0.2) is 18.9 Å². The molecule has 0 spiro atoms. The van der Waals surface area contributed by atoms with Gasteiger partial charge in [0.05, 0.1) is 13.2 Å². The highest BCUT2D eigenvalue weighted by atomic mass is 35.5. The highest BCUT2D eigenvalue weighted by Gasteiger charge is 2.13. The van der Waals surface area contributed by atoms with E-state index in [2.05, 4.69) is 15.0 Å². The molecule has 0 bridgehead atoms. The van der Waals surface area contributed by atoms with Crippen molar-refractivity contribution in [2.75, 3.05) is 7.11 Å². The molecule has 2 aromatic rings. The molecule has 25 heavy (non-hydrogen) atoms. The van der Waals surface area contributed by atoms with Crippen LogP contribution in [0.25, 0.3) is 0 Å². The molecule has 0 radical (unpaired) electrons. The SMILES string of the molecule is COC(=O)C(=CC(=O)c1ccccc1)N=NC(C)c1ccc(Cl)cc1. The largest absolute Gasteiger partial charge is 0.464 e. The van der Waals surface area contributed by atoms with E-state index in [0.29, 0.717) is 10.6 Å². The van der Waals surface area contributed by atoms with Gasteiger partial charge in [-0.05, 0) is 24.6 Å². The van der Waals surface area contributed by atoms with E-state index in [1.807, 2.05) is 19.1 Å². The van der Waals surface area contributed by atoms with Crippen molar-refractivity contribution in [3.63, 3.8) is 0 Å². The maximum Gasteiger partial charge on any atom is 0.358 e. The van der Waals surface area contributed by atoms with Crippen molar-refractivity contribution in [1.29, 1.82) is 0 Å². The number of benzene rings is 2. The molecule has 5 nitrogen and oxygen atoms in total. The van der Waals surface area contributed by atoms with E-state index >= 15 is 0 Å². The minimum atomic E-state index is -0.726. The van der Waals surface area contributed by atoms with Crippen molar-refractivity contribution in [2.24, 2.45) is 10.2 Å². The second-order valence-electron chi connectivity index (χ2n) is 5.19. The first kappa shape index (κ1) is 18.5. The second-order valence-corrected chi connectivity index (χ2v) is 5.63. The lowest BCUT2D eigenvalue weighted by Gasteiger charge is -2.06. The van der Waals surface area contributed by atoms with Gasteiger partial charge in [-0.1, -0.05) is 54.1 Å². The average Bonchev–Trinajstić information content (AvgIpc) is 2.65. The van der Waals surface area contributed by atoms with Crippen LogP contribution in [0.5, 0.6) is 0 Å². The van der Waals surface area contributed by atoms with Crippen molar-refractivity contribution in [3.05, 3.63) is 82.5 Å². The first-order chi connectivity index (χ1) is 12.0. The number of nitrogens with zero attached hydrogens (tertiary/aromatic N) is 2. The van der Waals surface area contributed by atoms with Crippen LogP contribution in [0, 0.1) is 0 Å². The Labute approximate surface area is 151 Å². The summed E-state index contributed by atoms with van der Waals surface area (Å²) in [4.78, 5) is 24.1. The Kier molecular flexibility index (Phi) is 6.60. The topological polar surface area (TPSA) is 68.1 Å². The first-order valence-electron chi connectivity index (χ1n) is 7.57. The molecule has 2 aromatic carbocycles. The van der Waals surface area contributed by atoms with Crippen LogP contribution in [-0.2, 0) is 9.53 Å². The summed E-state index contributed by atoms with van der Waals surface area (Å²) in [7, 11) is 1.22. The number of hydrogen-bond acceptors (Lipinski definition) is 5. The number of carbonyl (C=O) groups excluding carboxylic acids is 2. The third kappa shape index (κ3) is 5.36. The van der Waals surface area contributed by atoms with Crippen LogP contribution < -0.4 is 0 Å². The predicted octanol–water partition coefficient (Wildman–Crippen LogP) is 4.79. The smallest absolute Gasteiger partial charge is 0.358 e. The number of halogens is 1. The number of ether oxygens (including phenoxy) is 1. The van der Waals surface area contributed by atoms with E-state index in [0.717, 1.165) is 11.6 Å². The number of allylic oxidation sites excluding steroid dienone is 1. The minimum absolute atomic E-state index is 0.155. The number of hydrogen-bond donors (Lipinski definition) is 0. The van der Waals surface area contributed by atoms with Gasteiger partial charge in [-0.25, -0.2) is 4.79 Å². The van der Waals surface area contributed by atoms with E-state index in [4.69, 9.17) is 11.6 Å². The van der Waals surface area contributed by atoms with Crippen LogP contribution in [0.3, 0.4) is 0 Å². The molecule has 0 saturated carbocycles. The fourth-order valence-electron chi connectivity index (χ4n) is 2.00. The molecule has 0 aliphatic heterocycles. The fraction of sp³-hybridized carbons (Fsp3) is 0.158. The van der Waals surface area contributed by atoms with Gasteiger partial charge in [0, 0.05) is 16.7 Å². The molecular formula is C19H17ClN2O3. The average molecular weight is 357 g/mol. The second kappa shape index (κ2) is 8.89. The maximum atomic E-state index is 12.2. The normalized spacial score (nSPS) is 12.8. The summed E-state index contributed by atoms with van der Waals surface area (Å²) in [5, 5.41) is 8.64. The molecule has 0 aromatic heterocycles. The first-order valence-corrected chi connectivity index (χ1v) is 7.94. The Bertz CT molecular complexity index is 799. The molecule has 2 rings (SSSR count). The number of ketones is 1. The van der Waals surface area contributed by atoms with E-state index in [-0.39, 0.29) is 17.5 Å². The Morgan fingerprint density at radius 1 is 1.08 bits per heavy atom. The van der Waals surface area contributed by atoms with Crippen LogP contribution in [0.1, 0.15) is 28.9 Å². The fourth-order valence-corrected chi connectivity index (χ4v) is 2.13. The lowest BCUT2D eigenvalue weighted by atomic mass is 10.1. The zero-order valence-corrected chi connectivity index (χ0v) is 14.6. The Balaban J connectivity index is 2.22. The number of esters is 1. The molecule has 1 unspecified atom stereocenters. The van der Waals surface area contributed by atoms with Crippen molar-refractivity contribution in [2.45, 2.75) is 13.0 Å². The zero-order valence-electron chi connectivity index (χ0n) is 13.8. The van der Waals surface area contributed by atoms with Gasteiger partial charge in [-0.2, -0.15) is 5.11 Å². The third-order valence-electron chi connectivity index (χ3n) is 3.41. The van der Waals surface area contributed by atoms with Gasteiger partial charge in [0.1, 0.15) is 0 Å².